The van der Waals surface area contributed by atoms with E-state index < -0.39 is 0 Å². The average molecular weight is 369 g/mol. The van der Waals surface area contributed by atoms with Crippen LogP contribution in [0.25, 0.3) is 10.9 Å². The van der Waals surface area contributed by atoms with E-state index in [9.17, 15) is 0 Å². The van der Waals surface area contributed by atoms with Gasteiger partial charge >= 0.3 is 0 Å². The van der Waals surface area contributed by atoms with Gasteiger partial charge in [0.1, 0.15) is 0 Å². The number of fused-ring (bicyclic) bond motifs is 1. The van der Waals surface area contributed by atoms with Gasteiger partial charge in [-0.25, -0.2) is 0 Å². The van der Waals surface area contributed by atoms with E-state index in [1.165, 1.54) is 42.4 Å². The SMILES string of the molecule is Cc1ccc2ncccc2c1CN1CCC(N2CCN(CCO)CC2)CC1. The van der Waals surface area contributed by atoms with Gasteiger partial charge in [-0.15, -0.1) is 0 Å². The molecule has 0 amide bonds. The lowest BCUT2D eigenvalue weighted by Gasteiger charge is -2.42. The zero-order valence-electron chi connectivity index (χ0n) is 16.5. The molecule has 2 saturated heterocycles. The third-order valence-corrected chi connectivity index (χ3v) is 6.41. The monoisotopic (exact) mass is 368 g/mol. The van der Waals surface area contributed by atoms with Gasteiger partial charge in [-0.3, -0.25) is 19.7 Å². The van der Waals surface area contributed by atoms with Gasteiger partial charge in [0.15, 0.2) is 0 Å². The summed E-state index contributed by atoms with van der Waals surface area (Å²) in [5, 5.41) is 10.4. The minimum Gasteiger partial charge on any atom is -0.395 e. The van der Waals surface area contributed by atoms with Crippen molar-refractivity contribution in [3.05, 3.63) is 41.6 Å². The average Bonchev–Trinajstić information content (AvgIpc) is 2.72. The molecular formula is C22H32N4O. The first-order chi connectivity index (χ1) is 13.2. The molecule has 0 atom stereocenters. The first kappa shape index (κ1) is 18.8. The molecule has 2 fully saturated rings. The highest BCUT2D eigenvalue weighted by molar-refractivity contribution is 5.83. The summed E-state index contributed by atoms with van der Waals surface area (Å²) in [6, 6.07) is 9.34. The molecule has 1 aromatic heterocycles. The lowest BCUT2D eigenvalue weighted by Crippen LogP contribution is -2.53. The van der Waals surface area contributed by atoms with Crippen molar-refractivity contribution >= 4 is 10.9 Å². The fourth-order valence-electron chi connectivity index (χ4n) is 4.69. The maximum absolute atomic E-state index is 9.10. The third kappa shape index (κ3) is 4.32. The Balaban J connectivity index is 1.34. The Labute approximate surface area is 162 Å². The molecule has 0 unspecified atom stereocenters. The second-order valence-electron chi connectivity index (χ2n) is 8.04. The van der Waals surface area contributed by atoms with E-state index >= 15 is 0 Å². The molecule has 27 heavy (non-hydrogen) atoms. The molecule has 0 bridgehead atoms. The summed E-state index contributed by atoms with van der Waals surface area (Å²) in [5.41, 5.74) is 3.92. The number of aryl methyl sites for hydroxylation is 1. The molecule has 5 heteroatoms. The molecule has 2 aromatic rings. The van der Waals surface area contributed by atoms with Gasteiger partial charge < -0.3 is 5.11 Å². The minimum atomic E-state index is 0.279. The first-order valence-electron chi connectivity index (χ1n) is 10.4. The van der Waals surface area contributed by atoms with Crippen LogP contribution in [0.1, 0.15) is 24.0 Å². The summed E-state index contributed by atoms with van der Waals surface area (Å²) < 4.78 is 0. The van der Waals surface area contributed by atoms with Crippen molar-refractivity contribution in [2.75, 3.05) is 52.4 Å². The Hall–Kier alpha value is -1.53. The van der Waals surface area contributed by atoms with Crippen molar-refractivity contribution < 1.29 is 5.11 Å². The molecule has 2 aliphatic heterocycles. The Morgan fingerprint density at radius 1 is 1.00 bits per heavy atom. The predicted octanol–water partition coefficient (Wildman–Crippen LogP) is 2.12. The summed E-state index contributed by atoms with van der Waals surface area (Å²) in [6.07, 6.45) is 4.41. The molecule has 2 aliphatic rings. The van der Waals surface area contributed by atoms with Crippen LogP contribution < -0.4 is 0 Å². The van der Waals surface area contributed by atoms with Gasteiger partial charge in [-0.05, 0) is 56.1 Å². The summed E-state index contributed by atoms with van der Waals surface area (Å²) in [4.78, 5) is 12.2. The number of β-amino-alcohol motifs (C(OH)–C–C–N with tert-alkyl or cyclic N) is 1. The van der Waals surface area contributed by atoms with Gasteiger partial charge in [0.2, 0.25) is 0 Å². The summed E-state index contributed by atoms with van der Waals surface area (Å²) >= 11 is 0. The highest BCUT2D eigenvalue weighted by atomic mass is 16.3. The largest absolute Gasteiger partial charge is 0.395 e. The van der Waals surface area contributed by atoms with Crippen LogP contribution >= 0.6 is 0 Å². The number of pyridine rings is 1. The molecule has 5 nitrogen and oxygen atoms in total. The van der Waals surface area contributed by atoms with Crippen molar-refractivity contribution in [1.82, 2.24) is 19.7 Å². The maximum Gasteiger partial charge on any atom is 0.0705 e. The van der Waals surface area contributed by atoms with Crippen LogP contribution in [0.15, 0.2) is 30.5 Å². The number of aliphatic hydroxyl groups excluding tert-OH is 1. The van der Waals surface area contributed by atoms with Gasteiger partial charge in [-0.2, -0.15) is 0 Å². The van der Waals surface area contributed by atoms with Crippen molar-refractivity contribution in [2.24, 2.45) is 0 Å². The van der Waals surface area contributed by atoms with Crippen LogP contribution in [0.3, 0.4) is 0 Å². The van der Waals surface area contributed by atoms with Crippen LogP contribution in [0, 0.1) is 6.92 Å². The number of piperidine rings is 1. The second-order valence-corrected chi connectivity index (χ2v) is 8.04. The molecule has 4 rings (SSSR count). The van der Waals surface area contributed by atoms with E-state index in [-0.39, 0.29) is 6.61 Å². The molecule has 0 saturated carbocycles. The quantitative estimate of drug-likeness (QED) is 0.876. The number of likely N-dealkylation sites (tertiary alicyclic amines) is 1. The van der Waals surface area contributed by atoms with E-state index in [2.05, 4.69) is 44.8 Å². The van der Waals surface area contributed by atoms with Crippen LogP contribution in [0.4, 0.5) is 0 Å². The number of aromatic nitrogens is 1. The van der Waals surface area contributed by atoms with E-state index in [1.807, 2.05) is 12.3 Å². The third-order valence-electron chi connectivity index (χ3n) is 6.41. The molecule has 3 heterocycles. The van der Waals surface area contributed by atoms with E-state index in [1.54, 1.807) is 0 Å². The van der Waals surface area contributed by atoms with Crippen LogP contribution in [-0.4, -0.2) is 83.3 Å². The number of hydrogen-bond donors (Lipinski definition) is 1. The normalized spacial score (nSPS) is 21.1. The lowest BCUT2D eigenvalue weighted by atomic mass is 9.98. The Bertz CT molecular complexity index is 749. The fraction of sp³-hybridized carbons (Fsp3) is 0.591. The van der Waals surface area contributed by atoms with Gasteiger partial charge in [0.25, 0.3) is 0 Å². The molecule has 0 spiro atoms. The number of hydrogen-bond acceptors (Lipinski definition) is 5. The fourth-order valence-corrected chi connectivity index (χ4v) is 4.69. The Morgan fingerprint density at radius 2 is 1.78 bits per heavy atom. The van der Waals surface area contributed by atoms with Gasteiger partial charge in [-0.1, -0.05) is 12.1 Å². The van der Waals surface area contributed by atoms with E-state index in [0.717, 1.165) is 50.8 Å². The molecule has 0 radical (unpaired) electrons. The van der Waals surface area contributed by atoms with Crippen LogP contribution in [0.2, 0.25) is 0 Å². The van der Waals surface area contributed by atoms with E-state index in [4.69, 9.17) is 5.11 Å². The van der Waals surface area contributed by atoms with Gasteiger partial charge in [0, 0.05) is 56.9 Å². The van der Waals surface area contributed by atoms with Crippen molar-refractivity contribution in [3.8, 4) is 0 Å². The number of benzene rings is 1. The maximum atomic E-state index is 9.10. The van der Waals surface area contributed by atoms with Crippen molar-refractivity contribution in [3.63, 3.8) is 0 Å². The standard InChI is InChI=1S/C22H32N4O/c1-18-4-5-22-20(3-2-8-23-22)21(18)17-25-9-6-19(7-10-25)26-13-11-24(12-14-26)15-16-27/h2-5,8,19,27H,6-7,9-17H2,1H3. The topological polar surface area (TPSA) is 42.8 Å². The highest BCUT2D eigenvalue weighted by Crippen LogP contribution is 2.25. The zero-order valence-corrected chi connectivity index (χ0v) is 16.5. The number of piperazine rings is 1. The molecule has 146 valence electrons. The molecular weight excluding hydrogens is 336 g/mol. The van der Waals surface area contributed by atoms with Crippen LogP contribution in [-0.2, 0) is 6.54 Å². The van der Waals surface area contributed by atoms with Gasteiger partial charge in [0.05, 0.1) is 12.1 Å². The molecule has 1 aromatic carbocycles. The molecule has 0 aliphatic carbocycles. The number of aliphatic hydroxyl groups is 1. The molecule has 1 N–H and O–H groups in total. The second kappa shape index (κ2) is 8.65. The lowest BCUT2D eigenvalue weighted by molar-refractivity contribution is 0.0517. The van der Waals surface area contributed by atoms with E-state index in [0.29, 0.717) is 0 Å². The zero-order chi connectivity index (χ0) is 18.6. The minimum absolute atomic E-state index is 0.279. The predicted molar refractivity (Wildman–Crippen MR) is 110 cm³/mol. The van der Waals surface area contributed by atoms with Crippen molar-refractivity contribution in [1.29, 1.82) is 0 Å². The Kier molecular flexibility index (Phi) is 6.03. The number of nitrogens with zero attached hydrogens (tertiary/aromatic N) is 4. The smallest absolute Gasteiger partial charge is 0.0705 e. The van der Waals surface area contributed by atoms with Crippen molar-refractivity contribution in [2.45, 2.75) is 32.4 Å². The highest BCUT2D eigenvalue weighted by Gasteiger charge is 2.27. The first-order valence-corrected chi connectivity index (χ1v) is 10.4. The summed E-state index contributed by atoms with van der Waals surface area (Å²) in [7, 11) is 0. The summed E-state index contributed by atoms with van der Waals surface area (Å²) in [5.74, 6) is 0. The summed E-state index contributed by atoms with van der Waals surface area (Å²) in [6.45, 7) is 11.2. The van der Waals surface area contributed by atoms with Crippen LogP contribution in [0.5, 0.6) is 0 Å². The number of rotatable bonds is 5. The Morgan fingerprint density at radius 3 is 2.52 bits per heavy atom.